The minimum Gasteiger partial charge on any atom is -0.385 e. The summed E-state index contributed by atoms with van der Waals surface area (Å²) >= 11 is 1.33. The van der Waals surface area contributed by atoms with Gasteiger partial charge in [0.25, 0.3) is 0 Å². The molecular weight excluding hydrogens is 391 g/mol. The lowest BCUT2D eigenvalue weighted by molar-refractivity contribution is -0.118. The molecule has 1 aromatic heterocycles. The number of methoxy groups -OCH3 is 1. The van der Waals surface area contributed by atoms with E-state index < -0.39 is 0 Å². The van der Waals surface area contributed by atoms with E-state index in [0.29, 0.717) is 30.7 Å². The minimum atomic E-state index is -0.303. The van der Waals surface area contributed by atoms with Crippen molar-refractivity contribution in [3.8, 4) is 11.4 Å². The highest BCUT2D eigenvalue weighted by molar-refractivity contribution is 7.99. The van der Waals surface area contributed by atoms with Gasteiger partial charge in [-0.15, -0.1) is 10.2 Å². The van der Waals surface area contributed by atoms with Gasteiger partial charge in [-0.2, -0.15) is 0 Å². The van der Waals surface area contributed by atoms with Gasteiger partial charge in [-0.25, -0.2) is 4.39 Å². The second kappa shape index (κ2) is 10.7. The summed E-state index contributed by atoms with van der Waals surface area (Å²) in [6.07, 6.45) is 0.770. The average molecular weight is 415 g/mol. The molecule has 152 valence electrons. The van der Waals surface area contributed by atoms with Crippen molar-refractivity contribution in [2.24, 2.45) is 0 Å². The summed E-state index contributed by atoms with van der Waals surface area (Å²) in [6, 6.07) is 16.1. The third kappa shape index (κ3) is 6.13. The number of thioether (sulfide) groups is 1. The van der Waals surface area contributed by atoms with Gasteiger partial charge in [-0.3, -0.25) is 9.36 Å². The molecule has 0 aliphatic rings. The van der Waals surface area contributed by atoms with E-state index in [0.717, 1.165) is 17.5 Å². The second-order valence-electron chi connectivity index (χ2n) is 6.37. The first-order chi connectivity index (χ1) is 14.2. The summed E-state index contributed by atoms with van der Waals surface area (Å²) in [5.41, 5.74) is 1.85. The average Bonchev–Trinajstić information content (AvgIpc) is 3.13. The number of benzene rings is 2. The van der Waals surface area contributed by atoms with Crippen LogP contribution in [-0.4, -0.2) is 46.7 Å². The first kappa shape index (κ1) is 21.0. The number of hydrogen-bond donors (Lipinski definition) is 1. The van der Waals surface area contributed by atoms with Crippen LogP contribution in [0.1, 0.15) is 12.0 Å². The monoisotopic (exact) mass is 414 g/mol. The van der Waals surface area contributed by atoms with Crippen molar-refractivity contribution < 1.29 is 13.9 Å². The van der Waals surface area contributed by atoms with Crippen LogP contribution < -0.4 is 5.32 Å². The number of hydrogen-bond acceptors (Lipinski definition) is 5. The maximum atomic E-state index is 13.3. The Morgan fingerprint density at radius 1 is 1.14 bits per heavy atom. The number of carbonyl (C=O) groups excluding carboxylic acids is 1. The van der Waals surface area contributed by atoms with Crippen LogP contribution in [0.4, 0.5) is 4.39 Å². The maximum absolute atomic E-state index is 13.3. The van der Waals surface area contributed by atoms with Crippen molar-refractivity contribution in [3.63, 3.8) is 0 Å². The molecule has 0 spiro atoms. The molecule has 0 bridgehead atoms. The number of rotatable bonds is 10. The molecule has 0 saturated heterocycles. The highest BCUT2D eigenvalue weighted by Gasteiger charge is 2.16. The van der Waals surface area contributed by atoms with Gasteiger partial charge in [-0.05, 0) is 36.2 Å². The molecule has 0 atom stereocenters. The van der Waals surface area contributed by atoms with Gasteiger partial charge in [0.1, 0.15) is 5.82 Å². The zero-order valence-electron chi connectivity index (χ0n) is 16.2. The third-order valence-corrected chi connectivity index (χ3v) is 5.15. The number of aromatic nitrogens is 3. The molecule has 1 amide bonds. The van der Waals surface area contributed by atoms with Crippen molar-refractivity contribution >= 4 is 17.7 Å². The first-order valence-corrected chi connectivity index (χ1v) is 10.3. The van der Waals surface area contributed by atoms with Crippen LogP contribution in [0.15, 0.2) is 59.8 Å². The SMILES string of the molecule is COCCCNC(=O)CSc1nnc(-c2ccc(F)cc2)n1Cc1ccccc1. The van der Waals surface area contributed by atoms with Crippen molar-refractivity contribution in [3.05, 3.63) is 66.0 Å². The van der Waals surface area contributed by atoms with E-state index in [1.807, 2.05) is 34.9 Å². The van der Waals surface area contributed by atoms with Gasteiger partial charge in [0.15, 0.2) is 11.0 Å². The molecule has 2 aromatic carbocycles. The molecule has 1 N–H and O–H groups in total. The fourth-order valence-electron chi connectivity index (χ4n) is 2.74. The summed E-state index contributed by atoms with van der Waals surface area (Å²) in [6.45, 7) is 1.74. The normalized spacial score (nSPS) is 10.8. The van der Waals surface area contributed by atoms with E-state index in [-0.39, 0.29) is 17.5 Å². The lowest BCUT2D eigenvalue weighted by Crippen LogP contribution is -2.27. The van der Waals surface area contributed by atoms with E-state index in [4.69, 9.17) is 4.74 Å². The van der Waals surface area contributed by atoms with Crippen LogP contribution in [0.2, 0.25) is 0 Å². The molecular formula is C21H23FN4O2S. The lowest BCUT2D eigenvalue weighted by Gasteiger charge is -2.11. The van der Waals surface area contributed by atoms with Gasteiger partial charge >= 0.3 is 0 Å². The van der Waals surface area contributed by atoms with Crippen LogP contribution in [-0.2, 0) is 16.1 Å². The van der Waals surface area contributed by atoms with Gasteiger partial charge in [0.2, 0.25) is 5.91 Å². The van der Waals surface area contributed by atoms with Crippen molar-refractivity contribution in [1.29, 1.82) is 0 Å². The summed E-state index contributed by atoms with van der Waals surface area (Å²) in [7, 11) is 1.63. The summed E-state index contributed by atoms with van der Waals surface area (Å²) in [4.78, 5) is 12.1. The zero-order valence-corrected chi connectivity index (χ0v) is 17.0. The third-order valence-electron chi connectivity index (χ3n) is 4.18. The molecule has 3 aromatic rings. The Kier molecular flexibility index (Phi) is 7.77. The van der Waals surface area contributed by atoms with Crippen LogP contribution in [0.3, 0.4) is 0 Å². The highest BCUT2D eigenvalue weighted by atomic mass is 32.2. The van der Waals surface area contributed by atoms with Crippen LogP contribution in [0, 0.1) is 5.82 Å². The van der Waals surface area contributed by atoms with E-state index in [9.17, 15) is 9.18 Å². The molecule has 0 saturated carbocycles. The molecule has 0 aliphatic carbocycles. The Hall–Kier alpha value is -2.71. The number of nitrogens with zero attached hydrogens (tertiary/aromatic N) is 3. The molecule has 8 heteroatoms. The molecule has 0 aliphatic heterocycles. The van der Waals surface area contributed by atoms with Gasteiger partial charge in [-0.1, -0.05) is 42.1 Å². The van der Waals surface area contributed by atoms with Crippen molar-refractivity contribution in [2.45, 2.75) is 18.1 Å². The van der Waals surface area contributed by atoms with E-state index in [1.54, 1.807) is 19.2 Å². The standard InChI is InChI=1S/C21H23FN4O2S/c1-28-13-5-12-23-19(27)15-29-21-25-24-20(17-8-10-18(22)11-9-17)26(21)14-16-6-3-2-4-7-16/h2-4,6-11H,5,12-15H2,1H3,(H,23,27). The first-order valence-electron chi connectivity index (χ1n) is 9.29. The summed E-state index contributed by atoms with van der Waals surface area (Å²) in [5, 5.41) is 12.1. The summed E-state index contributed by atoms with van der Waals surface area (Å²) in [5.74, 6) is 0.506. The molecule has 0 fully saturated rings. The predicted molar refractivity (Wildman–Crippen MR) is 111 cm³/mol. The number of nitrogens with one attached hydrogen (secondary N) is 1. The van der Waals surface area contributed by atoms with Crippen molar-refractivity contribution in [2.75, 3.05) is 26.0 Å². The highest BCUT2D eigenvalue weighted by Crippen LogP contribution is 2.25. The maximum Gasteiger partial charge on any atom is 0.230 e. The Balaban J connectivity index is 1.75. The number of amides is 1. The van der Waals surface area contributed by atoms with Gasteiger partial charge in [0, 0.05) is 25.8 Å². The topological polar surface area (TPSA) is 69.0 Å². The minimum absolute atomic E-state index is 0.0660. The zero-order chi connectivity index (χ0) is 20.5. The fraction of sp³-hybridized carbons (Fsp3) is 0.286. The van der Waals surface area contributed by atoms with Crippen LogP contribution >= 0.6 is 11.8 Å². The number of halogens is 1. The molecule has 0 unspecified atom stereocenters. The molecule has 6 nitrogen and oxygen atoms in total. The summed E-state index contributed by atoms with van der Waals surface area (Å²) < 4.78 is 20.2. The van der Waals surface area contributed by atoms with E-state index in [2.05, 4.69) is 15.5 Å². The fourth-order valence-corrected chi connectivity index (χ4v) is 3.51. The molecule has 29 heavy (non-hydrogen) atoms. The number of carbonyl (C=O) groups is 1. The molecule has 3 rings (SSSR count). The van der Waals surface area contributed by atoms with Gasteiger partial charge < -0.3 is 10.1 Å². The molecule has 1 heterocycles. The second-order valence-corrected chi connectivity index (χ2v) is 7.31. The Labute approximate surface area is 173 Å². The Bertz CT molecular complexity index is 916. The largest absolute Gasteiger partial charge is 0.385 e. The Morgan fingerprint density at radius 2 is 1.90 bits per heavy atom. The Morgan fingerprint density at radius 3 is 2.62 bits per heavy atom. The van der Waals surface area contributed by atoms with E-state index >= 15 is 0 Å². The van der Waals surface area contributed by atoms with Crippen LogP contribution in [0.25, 0.3) is 11.4 Å². The lowest BCUT2D eigenvalue weighted by atomic mass is 10.2. The quantitative estimate of drug-likeness (QED) is 0.407. The van der Waals surface area contributed by atoms with Crippen molar-refractivity contribution in [1.82, 2.24) is 20.1 Å². The van der Waals surface area contributed by atoms with Gasteiger partial charge in [0.05, 0.1) is 12.3 Å². The smallest absolute Gasteiger partial charge is 0.230 e. The molecule has 0 radical (unpaired) electrons. The van der Waals surface area contributed by atoms with E-state index in [1.165, 1.54) is 23.9 Å². The van der Waals surface area contributed by atoms with Crippen LogP contribution in [0.5, 0.6) is 0 Å². The predicted octanol–water partition coefficient (Wildman–Crippen LogP) is 3.38. The number of ether oxygens (including phenoxy) is 1.